The van der Waals surface area contributed by atoms with E-state index < -0.39 is 0 Å². The lowest BCUT2D eigenvalue weighted by atomic mass is 10.1. The van der Waals surface area contributed by atoms with E-state index >= 15 is 0 Å². The highest BCUT2D eigenvalue weighted by atomic mass is 16.3. The first-order chi connectivity index (χ1) is 9.61. The Labute approximate surface area is 118 Å². The molecule has 0 saturated heterocycles. The monoisotopic (exact) mass is 269 g/mol. The molecule has 0 aliphatic carbocycles. The summed E-state index contributed by atoms with van der Waals surface area (Å²) >= 11 is 0. The van der Waals surface area contributed by atoms with Gasteiger partial charge >= 0.3 is 0 Å². The third kappa shape index (κ3) is 1.94. The van der Waals surface area contributed by atoms with Crippen LogP contribution in [0.5, 0.6) is 0 Å². The van der Waals surface area contributed by atoms with E-state index in [-0.39, 0.29) is 11.9 Å². The molecule has 104 valence electrons. The molecule has 1 aliphatic rings. The number of hydrogen-bond donors (Lipinski definition) is 0. The summed E-state index contributed by atoms with van der Waals surface area (Å²) in [6.45, 7) is 6.75. The molecule has 0 unspecified atom stereocenters. The molecular weight excluding hydrogens is 250 g/mol. The fourth-order valence-electron chi connectivity index (χ4n) is 2.83. The molecule has 0 N–H and O–H groups in total. The Morgan fingerprint density at radius 1 is 1.40 bits per heavy atom. The molecule has 0 saturated carbocycles. The third-order valence-electron chi connectivity index (χ3n) is 4.03. The summed E-state index contributed by atoms with van der Waals surface area (Å²) in [6.07, 6.45) is 5.08. The molecule has 0 bridgehead atoms. The lowest BCUT2D eigenvalue weighted by Gasteiger charge is -2.22. The smallest absolute Gasteiger partial charge is 0.290 e. The topological polar surface area (TPSA) is 33.5 Å². The van der Waals surface area contributed by atoms with E-state index in [1.807, 2.05) is 43.0 Å². The predicted octanol–water partition coefficient (Wildman–Crippen LogP) is 3.84. The zero-order chi connectivity index (χ0) is 14.3. The molecule has 3 heteroatoms. The van der Waals surface area contributed by atoms with E-state index in [0.29, 0.717) is 12.3 Å². The van der Waals surface area contributed by atoms with Gasteiger partial charge in [0, 0.05) is 17.5 Å². The fourth-order valence-corrected chi connectivity index (χ4v) is 2.83. The van der Waals surface area contributed by atoms with Crippen LogP contribution in [0.25, 0.3) is 11.0 Å². The molecule has 2 heterocycles. The summed E-state index contributed by atoms with van der Waals surface area (Å²) in [7, 11) is 0. The second-order valence-corrected chi connectivity index (χ2v) is 5.42. The minimum atomic E-state index is -0.00629. The average Bonchev–Trinajstić information content (AvgIpc) is 3.02. The van der Waals surface area contributed by atoms with E-state index in [4.69, 9.17) is 4.42 Å². The minimum Gasteiger partial charge on any atom is -0.451 e. The molecule has 20 heavy (non-hydrogen) atoms. The first kappa shape index (κ1) is 13.0. The second-order valence-electron chi connectivity index (χ2n) is 5.42. The Bertz CT molecular complexity index is 696. The summed E-state index contributed by atoms with van der Waals surface area (Å²) in [6, 6.07) is 6.25. The number of nitrogens with zero attached hydrogens (tertiary/aromatic N) is 1. The largest absolute Gasteiger partial charge is 0.451 e. The van der Waals surface area contributed by atoms with Crippen molar-refractivity contribution in [3.8, 4) is 0 Å². The molecule has 1 aliphatic heterocycles. The van der Waals surface area contributed by atoms with Gasteiger partial charge in [-0.25, -0.2) is 0 Å². The maximum Gasteiger partial charge on any atom is 0.290 e. The van der Waals surface area contributed by atoms with Crippen molar-refractivity contribution >= 4 is 16.9 Å². The van der Waals surface area contributed by atoms with Crippen LogP contribution in [0.1, 0.15) is 35.0 Å². The van der Waals surface area contributed by atoms with Crippen LogP contribution in [0.2, 0.25) is 0 Å². The van der Waals surface area contributed by atoms with Crippen molar-refractivity contribution in [3.63, 3.8) is 0 Å². The Balaban J connectivity index is 2.02. The van der Waals surface area contributed by atoms with E-state index in [0.717, 1.165) is 28.5 Å². The van der Waals surface area contributed by atoms with Gasteiger partial charge in [0.25, 0.3) is 5.91 Å². The molecule has 3 rings (SSSR count). The summed E-state index contributed by atoms with van der Waals surface area (Å²) < 4.78 is 5.83. The van der Waals surface area contributed by atoms with Crippen LogP contribution in [-0.4, -0.2) is 23.4 Å². The van der Waals surface area contributed by atoms with Crippen LogP contribution in [0.15, 0.2) is 34.8 Å². The van der Waals surface area contributed by atoms with Gasteiger partial charge in [0.2, 0.25) is 0 Å². The van der Waals surface area contributed by atoms with Gasteiger partial charge in [-0.15, -0.1) is 0 Å². The van der Waals surface area contributed by atoms with Crippen LogP contribution >= 0.6 is 0 Å². The molecule has 1 aromatic heterocycles. The first-order valence-corrected chi connectivity index (χ1v) is 7.09. The molecule has 3 nitrogen and oxygen atoms in total. The van der Waals surface area contributed by atoms with E-state index in [9.17, 15) is 4.79 Å². The second kappa shape index (κ2) is 4.82. The lowest BCUT2D eigenvalue weighted by molar-refractivity contribution is 0.0717. The maximum absolute atomic E-state index is 12.7. The highest BCUT2D eigenvalue weighted by molar-refractivity contribution is 5.99. The number of aryl methyl sites for hydroxylation is 2. The number of fused-ring (bicyclic) bond motifs is 1. The fraction of sp³-hybridized carbons (Fsp3) is 0.353. The lowest BCUT2D eigenvalue weighted by Crippen LogP contribution is -2.35. The zero-order valence-electron chi connectivity index (χ0n) is 12.1. The number of carbonyl (C=O) groups is 1. The van der Waals surface area contributed by atoms with Gasteiger partial charge in [-0.3, -0.25) is 4.79 Å². The van der Waals surface area contributed by atoms with Gasteiger partial charge < -0.3 is 9.32 Å². The van der Waals surface area contributed by atoms with Crippen molar-refractivity contribution < 1.29 is 9.21 Å². The Morgan fingerprint density at radius 2 is 2.20 bits per heavy atom. The SMILES string of the molecule is CC[C@H]1C=CCN1C(=O)c1oc2cc(C)ccc2c1C. The van der Waals surface area contributed by atoms with Crippen molar-refractivity contribution in [2.45, 2.75) is 33.2 Å². The van der Waals surface area contributed by atoms with E-state index in [1.54, 1.807) is 0 Å². The summed E-state index contributed by atoms with van der Waals surface area (Å²) in [5, 5.41) is 1.03. The number of amides is 1. The van der Waals surface area contributed by atoms with E-state index in [1.165, 1.54) is 0 Å². The molecule has 0 fully saturated rings. The Hall–Kier alpha value is -2.03. The normalized spacial score (nSPS) is 18.1. The molecule has 0 spiro atoms. The van der Waals surface area contributed by atoms with Crippen molar-refractivity contribution in [1.82, 2.24) is 4.90 Å². The van der Waals surface area contributed by atoms with Crippen LogP contribution in [0, 0.1) is 13.8 Å². The number of carbonyl (C=O) groups excluding carboxylic acids is 1. The first-order valence-electron chi connectivity index (χ1n) is 7.09. The number of rotatable bonds is 2. The molecular formula is C17H19NO2. The number of benzene rings is 1. The van der Waals surface area contributed by atoms with Crippen LogP contribution in [-0.2, 0) is 0 Å². The van der Waals surface area contributed by atoms with Crippen molar-refractivity contribution in [2.75, 3.05) is 6.54 Å². The predicted molar refractivity (Wildman–Crippen MR) is 79.9 cm³/mol. The minimum absolute atomic E-state index is 0.00629. The number of furan rings is 1. The molecule has 1 aromatic carbocycles. The van der Waals surface area contributed by atoms with Gasteiger partial charge in [0.15, 0.2) is 5.76 Å². The van der Waals surface area contributed by atoms with Gasteiger partial charge in [-0.2, -0.15) is 0 Å². The van der Waals surface area contributed by atoms with Crippen molar-refractivity contribution in [3.05, 3.63) is 47.2 Å². The Kier molecular flexibility index (Phi) is 3.13. The molecule has 1 atom stereocenters. The zero-order valence-corrected chi connectivity index (χ0v) is 12.1. The molecule has 2 aromatic rings. The summed E-state index contributed by atoms with van der Waals surface area (Å²) in [5.41, 5.74) is 2.87. The van der Waals surface area contributed by atoms with Crippen LogP contribution in [0.4, 0.5) is 0 Å². The molecule has 0 radical (unpaired) electrons. The third-order valence-corrected chi connectivity index (χ3v) is 4.03. The van der Waals surface area contributed by atoms with Crippen LogP contribution in [0.3, 0.4) is 0 Å². The van der Waals surface area contributed by atoms with Gasteiger partial charge in [0.1, 0.15) is 5.58 Å². The number of hydrogen-bond acceptors (Lipinski definition) is 2. The van der Waals surface area contributed by atoms with Crippen molar-refractivity contribution in [1.29, 1.82) is 0 Å². The molecule has 1 amide bonds. The maximum atomic E-state index is 12.7. The van der Waals surface area contributed by atoms with Gasteiger partial charge in [-0.05, 0) is 31.9 Å². The standard InChI is InChI=1S/C17H19NO2/c1-4-13-6-5-9-18(13)17(19)16-12(3)14-8-7-11(2)10-15(14)20-16/h5-8,10,13H,4,9H2,1-3H3/t13-/m0/s1. The Morgan fingerprint density at radius 3 is 2.95 bits per heavy atom. The van der Waals surface area contributed by atoms with Crippen LogP contribution < -0.4 is 0 Å². The quantitative estimate of drug-likeness (QED) is 0.776. The highest BCUT2D eigenvalue weighted by Crippen LogP contribution is 2.28. The summed E-state index contributed by atoms with van der Waals surface area (Å²) in [5.74, 6) is 0.473. The average molecular weight is 269 g/mol. The van der Waals surface area contributed by atoms with E-state index in [2.05, 4.69) is 13.0 Å². The highest BCUT2D eigenvalue weighted by Gasteiger charge is 2.28. The van der Waals surface area contributed by atoms with Crippen molar-refractivity contribution in [2.24, 2.45) is 0 Å². The summed E-state index contributed by atoms with van der Waals surface area (Å²) in [4.78, 5) is 14.6. The van der Waals surface area contributed by atoms with Gasteiger partial charge in [-0.1, -0.05) is 31.2 Å². The van der Waals surface area contributed by atoms with Gasteiger partial charge in [0.05, 0.1) is 6.04 Å².